The van der Waals surface area contributed by atoms with Gasteiger partial charge < -0.3 is 33.9 Å². The van der Waals surface area contributed by atoms with Gasteiger partial charge in [-0.05, 0) is 27.7 Å². The molecule has 8 heteroatoms. The minimum atomic E-state index is -2.33. The van der Waals surface area contributed by atoms with E-state index in [1.165, 1.54) is 0 Å². The highest BCUT2D eigenvalue weighted by molar-refractivity contribution is 5.75. The Kier molecular flexibility index (Phi) is 3.56. The van der Waals surface area contributed by atoms with Gasteiger partial charge in [0.25, 0.3) is 5.79 Å². The molecule has 0 spiro atoms. The summed E-state index contributed by atoms with van der Waals surface area (Å²) in [6.07, 6.45) is -2.68. The molecular formula is C14H22O8. The van der Waals surface area contributed by atoms with E-state index in [4.69, 9.17) is 23.7 Å². The number of carboxylic acids is 1. The summed E-state index contributed by atoms with van der Waals surface area (Å²) < 4.78 is 28.3. The summed E-state index contributed by atoms with van der Waals surface area (Å²) in [7, 11) is 0. The molecule has 5 atom stereocenters. The van der Waals surface area contributed by atoms with Crippen molar-refractivity contribution in [3.8, 4) is 0 Å². The summed E-state index contributed by atoms with van der Waals surface area (Å²) in [5.41, 5.74) is 0. The molecule has 8 nitrogen and oxygen atoms in total. The van der Waals surface area contributed by atoms with E-state index in [0.29, 0.717) is 0 Å². The number of carboxylic acid groups (broad SMARTS) is 1. The second-order valence-electron chi connectivity index (χ2n) is 6.88. The lowest BCUT2D eigenvalue weighted by Gasteiger charge is -2.41. The van der Waals surface area contributed by atoms with Gasteiger partial charge in [-0.3, -0.25) is 0 Å². The summed E-state index contributed by atoms with van der Waals surface area (Å²) >= 11 is 0. The van der Waals surface area contributed by atoms with E-state index in [2.05, 4.69) is 0 Å². The van der Waals surface area contributed by atoms with Crippen molar-refractivity contribution in [2.24, 2.45) is 0 Å². The van der Waals surface area contributed by atoms with Gasteiger partial charge in [0.2, 0.25) is 0 Å². The van der Waals surface area contributed by atoms with Gasteiger partial charge in [0.1, 0.15) is 18.3 Å². The van der Waals surface area contributed by atoms with E-state index in [1.807, 2.05) is 0 Å². The number of carbonyl (C=O) groups is 1. The van der Waals surface area contributed by atoms with E-state index in [0.717, 1.165) is 0 Å². The fourth-order valence-corrected chi connectivity index (χ4v) is 3.21. The van der Waals surface area contributed by atoms with Crippen molar-refractivity contribution >= 4 is 5.97 Å². The third-order valence-corrected chi connectivity index (χ3v) is 4.09. The third kappa shape index (κ3) is 2.75. The molecule has 0 unspecified atom stereocenters. The second kappa shape index (κ2) is 4.86. The molecule has 22 heavy (non-hydrogen) atoms. The van der Waals surface area contributed by atoms with Gasteiger partial charge in [-0.2, -0.15) is 0 Å². The summed E-state index contributed by atoms with van der Waals surface area (Å²) in [5.74, 6) is -5.46. The van der Waals surface area contributed by atoms with Gasteiger partial charge in [0.15, 0.2) is 11.6 Å². The first-order valence-corrected chi connectivity index (χ1v) is 7.32. The van der Waals surface area contributed by atoms with E-state index in [-0.39, 0.29) is 13.0 Å². The first-order valence-electron chi connectivity index (χ1n) is 7.32. The molecule has 0 aromatic rings. The molecule has 3 heterocycles. The van der Waals surface area contributed by atoms with Crippen molar-refractivity contribution in [3.05, 3.63) is 0 Å². The van der Waals surface area contributed by atoms with Gasteiger partial charge in [0, 0.05) is 6.42 Å². The van der Waals surface area contributed by atoms with Crippen LogP contribution in [0.15, 0.2) is 0 Å². The van der Waals surface area contributed by atoms with Gasteiger partial charge in [0.05, 0.1) is 12.7 Å². The number of hydrogen-bond donors (Lipinski definition) is 2. The minimum absolute atomic E-state index is 0.204. The van der Waals surface area contributed by atoms with Crippen LogP contribution < -0.4 is 0 Å². The number of ether oxygens (including phenoxy) is 5. The molecule has 126 valence electrons. The standard InChI is InChI=1S/C14H22O8/c1-12(2)18-6-8(20-12)10-9-7(19-13(3,4)21-9)5-14(17,22-10)11(15)16/h7-10,17H,5-6H2,1-4H3,(H,15,16)/t7-,8-,9-,10-,14-/m1/s1. The van der Waals surface area contributed by atoms with Crippen LogP contribution in [0, 0.1) is 0 Å². The van der Waals surface area contributed by atoms with Crippen molar-refractivity contribution < 1.29 is 38.7 Å². The van der Waals surface area contributed by atoms with E-state index < -0.39 is 47.7 Å². The monoisotopic (exact) mass is 318 g/mol. The van der Waals surface area contributed by atoms with Crippen LogP contribution in [0.1, 0.15) is 34.1 Å². The Morgan fingerprint density at radius 1 is 0.955 bits per heavy atom. The van der Waals surface area contributed by atoms with Crippen LogP contribution in [0.4, 0.5) is 0 Å². The van der Waals surface area contributed by atoms with Crippen LogP contribution in [0.25, 0.3) is 0 Å². The maximum atomic E-state index is 11.4. The van der Waals surface area contributed by atoms with Gasteiger partial charge in [-0.15, -0.1) is 0 Å². The first kappa shape index (κ1) is 16.1. The fraction of sp³-hybridized carbons (Fsp3) is 0.929. The molecule has 0 radical (unpaired) electrons. The van der Waals surface area contributed by atoms with E-state index >= 15 is 0 Å². The van der Waals surface area contributed by atoms with Crippen LogP contribution >= 0.6 is 0 Å². The molecule has 3 aliphatic rings. The first-order chi connectivity index (χ1) is 10.0. The molecule has 0 saturated carbocycles. The molecule has 3 saturated heterocycles. The van der Waals surface area contributed by atoms with E-state index in [9.17, 15) is 15.0 Å². The number of hydrogen-bond acceptors (Lipinski definition) is 7. The largest absolute Gasteiger partial charge is 0.477 e. The van der Waals surface area contributed by atoms with Crippen LogP contribution in [0.5, 0.6) is 0 Å². The highest BCUT2D eigenvalue weighted by Gasteiger charge is 2.60. The summed E-state index contributed by atoms with van der Waals surface area (Å²) in [4.78, 5) is 11.4. The number of aliphatic hydroxyl groups is 1. The van der Waals surface area contributed by atoms with Crippen molar-refractivity contribution in [2.45, 2.75) is 75.9 Å². The Labute approximate surface area is 128 Å². The lowest BCUT2D eigenvalue weighted by atomic mass is 9.93. The Balaban J connectivity index is 1.87. The van der Waals surface area contributed by atoms with Gasteiger partial charge in [-0.25, -0.2) is 4.79 Å². The summed E-state index contributed by atoms with van der Waals surface area (Å²) in [6, 6.07) is 0. The minimum Gasteiger partial charge on any atom is -0.477 e. The predicted molar refractivity (Wildman–Crippen MR) is 70.8 cm³/mol. The quantitative estimate of drug-likeness (QED) is 0.745. The molecule has 2 N–H and O–H groups in total. The molecule has 0 amide bonds. The lowest BCUT2D eigenvalue weighted by molar-refractivity contribution is -0.297. The normalized spacial score (nSPS) is 46.4. The zero-order valence-corrected chi connectivity index (χ0v) is 13.1. The average Bonchev–Trinajstić information content (AvgIpc) is 2.86. The van der Waals surface area contributed by atoms with Crippen molar-refractivity contribution in [1.82, 2.24) is 0 Å². The molecule has 0 aliphatic carbocycles. The van der Waals surface area contributed by atoms with Crippen molar-refractivity contribution in [3.63, 3.8) is 0 Å². The lowest BCUT2D eigenvalue weighted by Crippen LogP contribution is -2.60. The number of rotatable bonds is 2. The van der Waals surface area contributed by atoms with Crippen molar-refractivity contribution in [2.75, 3.05) is 6.61 Å². The van der Waals surface area contributed by atoms with E-state index in [1.54, 1.807) is 27.7 Å². The zero-order valence-electron chi connectivity index (χ0n) is 13.1. The highest BCUT2D eigenvalue weighted by atomic mass is 16.8. The average molecular weight is 318 g/mol. The summed E-state index contributed by atoms with van der Waals surface area (Å²) in [6.45, 7) is 7.20. The third-order valence-electron chi connectivity index (χ3n) is 4.09. The molecule has 0 aromatic heterocycles. The Bertz CT molecular complexity index is 475. The topological polar surface area (TPSA) is 104 Å². The molecule has 0 aromatic carbocycles. The SMILES string of the molecule is CC1(C)OC[C@H]([C@H]2O[C@@](O)(C(=O)O)C[C@H]3OC(C)(C)O[C@@H]23)O1. The molecule has 3 rings (SSSR count). The van der Waals surface area contributed by atoms with Crippen molar-refractivity contribution in [1.29, 1.82) is 0 Å². The summed E-state index contributed by atoms with van der Waals surface area (Å²) in [5, 5.41) is 19.5. The zero-order chi connectivity index (χ0) is 16.3. The maximum absolute atomic E-state index is 11.4. The molecule has 0 bridgehead atoms. The number of fused-ring (bicyclic) bond motifs is 1. The molecular weight excluding hydrogens is 296 g/mol. The van der Waals surface area contributed by atoms with Crippen LogP contribution in [0.2, 0.25) is 0 Å². The second-order valence-corrected chi connectivity index (χ2v) is 6.88. The Hall–Kier alpha value is -0.770. The Morgan fingerprint density at radius 2 is 1.55 bits per heavy atom. The van der Waals surface area contributed by atoms with Gasteiger partial charge >= 0.3 is 5.97 Å². The number of aliphatic carboxylic acids is 1. The maximum Gasteiger partial charge on any atom is 0.364 e. The van der Waals surface area contributed by atoms with Crippen LogP contribution in [-0.4, -0.2) is 64.6 Å². The van der Waals surface area contributed by atoms with Crippen LogP contribution in [0.3, 0.4) is 0 Å². The highest BCUT2D eigenvalue weighted by Crippen LogP contribution is 2.43. The molecule has 3 fully saturated rings. The van der Waals surface area contributed by atoms with Gasteiger partial charge in [-0.1, -0.05) is 0 Å². The molecule has 3 aliphatic heterocycles. The Morgan fingerprint density at radius 3 is 2.09 bits per heavy atom. The fourth-order valence-electron chi connectivity index (χ4n) is 3.21. The smallest absolute Gasteiger partial charge is 0.364 e. The van der Waals surface area contributed by atoms with Crippen LogP contribution in [-0.2, 0) is 28.5 Å². The predicted octanol–water partition coefficient (Wildman–Crippen LogP) is 0.220.